The van der Waals surface area contributed by atoms with E-state index in [4.69, 9.17) is 16.3 Å². The Morgan fingerprint density at radius 3 is 2.63 bits per heavy atom. The first-order valence-electron chi connectivity index (χ1n) is 6.48. The van der Waals surface area contributed by atoms with Crippen molar-refractivity contribution in [1.82, 2.24) is 4.98 Å². The minimum absolute atomic E-state index is 0.378. The number of fused-ring (bicyclic) bond motifs is 1. The van der Waals surface area contributed by atoms with Crippen LogP contribution in [0.5, 0.6) is 5.75 Å². The third-order valence-electron chi connectivity index (χ3n) is 3.06. The average molecular weight is 279 g/mol. The van der Waals surface area contributed by atoms with Gasteiger partial charge in [0.05, 0.1) is 17.6 Å². The number of aromatic nitrogens is 1. The fourth-order valence-electron chi connectivity index (χ4n) is 2.04. The van der Waals surface area contributed by atoms with Crippen LogP contribution < -0.4 is 10.1 Å². The molecule has 1 N–H and O–H groups in total. The van der Waals surface area contributed by atoms with Crippen molar-refractivity contribution in [3.63, 3.8) is 0 Å². The normalized spacial score (nSPS) is 11.1. The van der Waals surface area contributed by atoms with Crippen molar-refractivity contribution in [2.75, 3.05) is 19.0 Å². The molecule has 1 aromatic heterocycles. The van der Waals surface area contributed by atoms with Crippen molar-refractivity contribution in [1.29, 1.82) is 0 Å². The minimum Gasteiger partial charge on any atom is -0.495 e. The molecule has 19 heavy (non-hydrogen) atoms. The fraction of sp³-hybridized carbons (Fsp3) is 0.400. The van der Waals surface area contributed by atoms with Gasteiger partial charge in [0, 0.05) is 29.4 Å². The number of anilines is 1. The van der Waals surface area contributed by atoms with E-state index in [1.807, 2.05) is 12.1 Å². The third kappa shape index (κ3) is 2.76. The zero-order chi connectivity index (χ0) is 14.0. The maximum absolute atomic E-state index is 6.20. The standard InChI is InChI=1S/C15H19ClN2O/c1-5-17-13-7-12(9(2)3)18-14-8-15(19-4)11(16)6-10(13)14/h6-9H,5H2,1-4H3,(H,17,18). The highest BCUT2D eigenvalue weighted by molar-refractivity contribution is 6.33. The molecule has 0 bridgehead atoms. The van der Waals surface area contributed by atoms with Gasteiger partial charge in [-0.2, -0.15) is 0 Å². The number of methoxy groups -OCH3 is 1. The SMILES string of the molecule is CCNc1cc(C(C)C)nc2cc(OC)c(Cl)cc12. The number of nitrogens with zero attached hydrogens (tertiary/aromatic N) is 1. The zero-order valence-corrected chi connectivity index (χ0v) is 12.5. The Kier molecular flexibility index (Phi) is 4.15. The van der Waals surface area contributed by atoms with Gasteiger partial charge in [-0.3, -0.25) is 4.98 Å². The summed E-state index contributed by atoms with van der Waals surface area (Å²) >= 11 is 6.20. The minimum atomic E-state index is 0.378. The highest BCUT2D eigenvalue weighted by Gasteiger charge is 2.11. The average Bonchev–Trinajstić information content (AvgIpc) is 2.38. The van der Waals surface area contributed by atoms with Gasteiger partial charge in [0.15, 0.2) is 0 Å². The second kappa shape index (κ2) is 5.66. The molecule has 0 saturated carbocycles. The monoisotopic (exact) mass is 278 g/mol. The summed E-state index contributed by atoms with van der Waals surface area (Å²) in [6.07, 6.45) is 0. The van der Waals surface area contributed by atoms with Crippen molar-refractivity contribution < 1.29 is 4.74 Å². The number of rotatable bonds is 4. The van der Waals surface area contributed by atoms with E-state index in [1.165, 1.54) is 0 Å². The lowest BCUT2D eigenvalue weighted by molar-refractivity contribution is 0.415. The van der Waals surface area contributed by atoms with Crippen LogP contribution in [0.25, 0.3) is 10.9 Å². The number of nitrogens with one attached hydrogen (secondary N) is 1. The molecule has 0 unspecified atom stereocenters. The number of pyridine rings is 1. The predicted molar refractivity (Wildman–Crippen MR) is 81.6 cm³/mol. The topological polar surface area (TPSA) is 34.2 Å². The molecule has 1 heterocycles. The first-order chi connectivity index (χ1) is 9.06. The van der Waals surface area contributed by atoms with Gasteiger partial charge in [0.2, 0.25) is 0 Å². The molecule has 102 valence electrons. The van der Waals surface area contributed by atoms with E-state index >= 15 is 0 Å². The van der Waals surface area contributed by atoms with Gasteiger partial charge in [-0.1, -0.05) is 25.4 Å². The Hall–Kier alpha value is -1.48. The molecule has 0 radical (unpaired) electrons. The van der Waals surface area contributed by atoms with Crippen LogP contribution in [0, 0.1) is 0 Å². The molecule has 0 amide bonds. The van der Waals surface area contributed by atoms with Crippen LogP contribution in [-0.2, 0) is 0 Å². The quantitative estimate of drug-likeness (QED) is 0.897. The molecule has 2 rings (SSSR count). The molecule has 0 aliphatic rings. The zero-order valence-electron chi connectivity index (χ0n) is 11.7. The maximum Gasteiger partial charge on any atom is 0.139 e. The summed E-state index contributed by atoms with van der Waals surface area (Å²) in [7, 11) is 1.62. The number of halogens is 1. The highest BCUT2D eigenvalue weighted by Crippen LogP contribution is 2.34. The van der Waals surface area contributed by atoms with E-state index in [0.717, 1.165) is 28.8 Å². The predicted octanol–water partition coefficient (Wildman–Crippen LogP) is 4.45. The summed E-state index contributed by atoms with van der Waals surface area (Å²) < 4.78 is 5.26. The van der Waals surface area contributed by atoms with Crippen molar-refractivity contribution in [2.45, 2.75) is 26.7 Å². The van der Waals surface area contributed by atoms with Crippen LogP contribution in [0.1, 0.15) is 32.4 Å². The summed E-state index contributed by atoms with van der Waals surface area (Å²) in [5, 5.41) is 5.00. The highest BCUT2D eigenvalue weighted by atomic mass is 35.5. The molecule has 2 aromatic rings. The van der Waals surface area contributed by atoms with E-state index in [0.29, 0.717) is 16.7 Å². The molecule has 1 aromatic carbocycles. The van der Waals surface area contributed by atoms with Crippen molar-refractivity contribution >= 4 is 28.2 Å². The van der Waals surface area contributed by atoms with Gasteiger partial charge in [-0.15, -0.1) is 0 Å². The maximum atomic E-state index is 6.20. The Morgan fingerprint density at radius 1 is 1.32 bits per heavy atom. The molecule has 0 aliphatic heterocycles. The van der Waals surface area contributed by atoms with E-state index in [9.17, 15) is 0 Å². The van der Waals surface area contributed by atoms with Crippen molar-refractivity contribution in [3.05, 3.63) is 28.9 Å². The third-order valence-corrected chi connectivity index (χ3v) is 3.36. The van der Waals surface area contributed by atoms with E-state index in [1.54, 1.807) is 7.11 Å². The molecular weight excluding hydrogens is 260 g/mol. The van der Waals surface area contributed by atoms with Crippen molar-refractivity contribution in [3.8, 4) is 5.75 Å². The number of ether oxygens (including phenoxy) is 1. The Bertz CT molecular complexity index is 596. The fourth-order valence-corrected chi connectivity index (χ4v) is 2.28. The van der Waals surface area contributed by atoms with Gasteiger partial charge >= 0.3 is 0 Å². The van der Waals surface area contributed by atoms with E-state index in [-0.39, 0.29) is 0 Å². The van der Waals surface area contributed by atoms with E-state index in [2.05, 4.69) is 37.1 Å². The van der Waals surface area contributed by atoms with Gasteiger partial charge in [-0.05, 0) is 25.0 Å². The molecular formula is C15H19ClN2O. The lowest BCUT2D eigenvalue weighted by Gasteiger charge is -2.14. The number of benzene rings is 1. The smallest absolute Gasteiger partial charge is 0.139 e. The Balaban J connectivity index is 2.71. The largest absolute Gasteiger partial charge is 0.495 e. The van der Waals surface area contributed by atoms with Crippen LogP contribution in [0.4, 0.5) is 5.69 Å². The van der Waals surface area contributed by atoms with Crippen molar-refractivity contribution in [2.24, 2.45) is 0 Å². The number of hydrogen-bond acceptors (Lipinski definition) is 3. The molecule has 0 aliphatic carbocycles. The van der Waals surface area contributed by atoms with Gasteiger partial charge in [0.1, 0.15) is 5.75 Å². The van der Waals surface area contributed by atoms with Crippen LogP contribution >= 0.6 is 11.6 Å². The Labute approximate surface area is 118 Å². The molecule has 3 nitrogen and oxygen atoms in total. The summed E-state index contributed by atoms with van der Waals surface area (Å²) in [6, 6.07) is 5.90. The first-order valence-corrected chi connectivity index (χ1v) is 6.86. The summed E-state index contributed by atoms with van der Waals surface area (Å²) in [6.45, 7) is 7.21. The molecule has 0 saturated heterocycles. The van der Waals surface area contributed by atoms with Gasteiger partial charge < -0.3 is 10.1 Å². The second-order valence-electron chi connectivity index (χ2n) is 4.78. The molecule has 4 heteroatoms. The summed E-state index contributed by atoms with van der Waals surface area (Å²) in [4.78, 5) is 4.69. The van der Waals surface area contributed by atoms with Crippen LogP contribution in [-0.4, -0.2) is 18.6 Å². The van der Waals surface area contributed by atoms with Crippen LogP contribution in [0.2, 0.25) is 5.02 Å². The molecule has 0 spiro atoms. The lowest BCUT2D eigenvalue weighted by atomic mass is 10.1. The van der Waals surface area contributed by atoms with Gasteiger partial charge in [-0.25, -0.2) is 0 Å². The summed E-state index contributed by atoms with van der Waals surface area (Å²) in [5.74, 6) is 1.04. The lowest BCUT2D eigenvalue weighted by Crippen LogP contribution is -2.02. The number of hydrogen-bond donors (Lipinski definition) is 1. The molecule has 0 atom stereocenters. The second-order valence-corrected chi connectivity index (χ2v) is 5.19. The first kappa shape index (κ1) is 13.9. The van der Waals surface area contributed by atoms with Gasteiger partial charge in [0.25, 0.3) is 0 Å². The molecule has 0 fully saturated rings. The van der Waals surface area contributed by atoms with E-state index < -0.39 is 0 Å². The van der Waals surface area contributed by atoms with Crippen LogP contribution in [0.3, 0.4) is 0 Å². The van der Waals surface area contributed by atoms with Crippen LogP contribution in [0.15, 0.2) is 18.2 Å². The Morgan fingerprint density at radius 2 is 2.05 bits per heavy atom. The summed E-state index contributed by atoms with van der Waals surface area (Å²) in [5.41, 5.74) is 3.04.